The van der Waals surface area contributed by atoms with E-state index >= 15 is 0 Å². The number of hydrogen-bond acceptors (Lipinski definition) is 7. The Hall–Kier alpha value is -2.88. The number of Topliss-reactive ketones (excluding diaryl/α,β-unsaturated/α-hetero) is 1. The standard InChI is InChI=1S/C19H19N3O5S/c1-22(2)28(25,26)16-5-3-4-15(11-16)19-21-20-18(27-19)10-13-6-8-14(9-7-13)17(24)12-23/h3-9,11,23H,10,12H2,1-2H3. The van der Waals surface area contributed by atoms with Crippen LogP contribution in [0.4, 0.5) is 0 Å². The van der Waals surface area contributed by atoms with E-state index in [2.05, 4.69) is 10.2 Å². The van der Waals surface area contributed by atoms with Gasteiger partial charge < -0.3 is 9.52 Å². The number of carbonyl (C=O) groups is 1. The quantitative estimate of drug-likeness (QED) is 0.600. The minimum atomic E-state index is -3.56. The van der Waals surface area contributed by atoms with Crippen LogP contribution in [0.5, 0.6) is 0 Å². The van der Waals surface area contributed by atoms with Crippen LogP contribution in [-0.4, -0.2) is 54.5 Å². The molecule has 8 nitrogen and oxygen atoms in total. The Morgan fingerprint density at radius 2 is 1.82 bits per heavy atom. The van der Waals surface area contributed by atoms with Gasteiger partial charge in [-0.25, -0.2) is 12.7 Å². The molecule has 0 bridgehead atoms. The summed E-state index contributed by atoms with van der Waals surface area (Å²) in [6.45, 7) is -0.533. The summed E-state index contributed by atoms with van der Waals surface area (Å²) in [6, 6.07) is 13.1. The summed E-state index contributed by atoms with van der Waals surface area (Å²) in [5.74, 6) is 0.231. The van der Waals surface area contributed by atoms with E-state index in [9.17, 15) is 13.2 Å². The molecular formula is C19H19N3O5S. The Kier molecular flexibility index (Phi) is 5.68. The van der Waals surface area contributed by atoms with Crippen molar-refractivity contribution in [3.8, 4) is 11.5 Å². The third kappa shape index (κ3) is 4.16. The number of rotatable bonds is 7. The van der Waals surface area contributed by atoms with Crippen molar-refractivity contribution in [2.45, 2.75) is 11.3 Å². The van der Waals surface area contributed by atoms with E-state index in [0.29, 0.717) is 23.4 Å². The van der Waals surface area contributed by atoms with E-state index in [0.717, 1.165) is 9.87 Å². The highest BCUT2D eigenvalue weighted by atomic mass is 32.2. The number of aromatic nitrogens is 2. The van der Waals surface area contributed by atoms with Gasteiger partial charge in [-0.1, -0.05) is 30.3 Å². The lowest BCUT2D eigenvalue weighted by molar-refractivity contribution is 0.0903. The summed E-state index contributed by atoms with van der Waals surface area (Å²) in [6.07, 6.45) is 0.357. The molecule has 28 heavy (non-hydrogen) atoms. The fourth-order valence-electron chi connectivity index (χ4n) is 2.52. The van der Waals surface area contributed by atoms with Gasteiger partial charge in [-0.05, 0) is 23.8 Å². The zero-order valence-corrected chi connectivity index (χ0v) is 16.2. The maximum atomic E-state index is 12.3. The molecule has 2 aromatic carbocycles. The van der Waals surface area contributed by atoms with E-state index in [1.165, 1.54) is 26.2 Å². The van der Waals surface area contributed by atoms with Crippen LogP contribution in [0.3, 0.4) is 0 Å². The van der Waals surface area contributed by atoms with E-state index in [-0.39, 0.29) is 16.6 Å². The average Bonchev–Trinajstić information content (AvgIpc) is 3.16. The van der Waals surface area contributed by atoms with Crippen molar-refractivity contribution in [3.05, 3.63) is 65.5 Å². The second-order valence-corrected chi connectivity index (χ2v) is 8.42. The third-order valence-corrected chi connectivity index (χ3v) is 5.91. The molecule has 0 fully saturated rings. The van der Waals surface area contributed by atoms with Crippen LogP contribution < -0.4 is 0 Å². The molecule has 1 N–H and O–H groups in total. The predicted molar refractivity (Wildman–Crippen MR) is 101 cm³/mol. The molecule has 0 aliphatic rings. The van der Waals surface area contributed by atoms with Crippen LogP contribution in [0, 0.1) is 0 Å². The second-order valence-electron chi connectivity index (χ2n) is 6.27. The van der Waals surface area contributed by atoms with Crippen LogP contribution in [-0.2, 0) is 16.4 Å². The van der Waals surface area contributed by atoms with Gasteiger partial charge in [0, 0.05) is 25.2 Å². The first kappa shape index (κ1) is 19.9. The fourth-order valence-corrected chi connectivity index (χ4v) is 3.46. The molecule has 146 valence electrons. The minimum absolute atomic E-state index is 0.138. The van der Waals surface area contributed by atoms with Crippen molar-refractivity contribution in [2.75, 3.05) is 20.7 Å². The van der Waals surface area contributed by atoms with Gasteiger partial charge in [0.05, 0.1) is 11.3 Å². The first-order valence-electron chi connectivity index (χ1n) is 8.39. The van der Waals surface area contributed by atoms with Crippen LogP contribution >= 0.6 is 0 Å². The summed E-state index contributed by atoms with van der Waals surface area (Å²) < 4.78 is 31.4. The highest BCUT2D eigenvalue weighted by Gasteiger charge is 2.19. The molecule has 3 aromatic rings. The van der Waals surface area contributed by atoms with Crippen LogP contribution in [0.25, 0.3) is 11.5 Å². The molecule has 9 heteroatoms. The lowest BCUT2D eigenvalue weighted by Gasteiger charge is -2.11. The lowest BCUT2D eigenvalue weighted by atomic mass is 10.1. The Balaban J connectivity index is 1.80. The van der Waals surface area contributed by atoms with Crippen molar-refractivity contribution in [2.24, 2.45) is 0 Å². The Morgan fingerprint density at radius 1 is 1.11 bits per heavy atom. The average molecular weight is 401 g/mol. The number of sulfonamides is 1. The van der Waals surface area contributed by atoms with Gasteiger partial charge in [-0.3, -0.25) is 4.79 Å². The third-order valence-electron chi connectivity index (χ3n) is 4.10. The SMILES string of the molecule is CN(C)S(=O)(=O)c1cccc(-c2nnc(Cc3ccc(C(=O)CO)cc3)o2)c1. The summed E-state index contributed by atoms with van der Waals surface area (Å²) >= 11 is 0. The minimum Gasteiger partial charge on any atom is -0.420 e. The zero-order chi connectivity index (χ0) is 20.3. The topological polar surface area (TPSA) is 114 Å². The number of aliphatic hydroxyl groups is 1. The maximum Gasteiger partial charge on any atom is 0.247 e. The van der Waals surface area contributed by atoms with Crippen molar-refractivity contribution < 1.29 is 22.7 Å². The van der Waals surface area contributed by atoms with Crippen molar-refractivity contribution in [1.29, 1.82) is 0 Å². The molecule has 0 aliphatic carbocycles. The molecule has 3 rings (SSSR count). The summed E-state index contributed by atoms with van der Waals surface area (Å²) in [5, 5.41) is 16.9. The van der Waals surface area contributed by atoms with Crippen molar-refractivity contribution in [3.63, 3.8) is 0 Å². The number of nitrogens with zero attached hydrogens (tertiary/aromatic N) is 3. The number of benzene rings is 2. The molecule has 0 saturated heterocycles. The molecule has 1 aromatic heterocycles. The molecule has 1 heterocycles. The van der Waals surface area contributed by atoms with Gasteiger partial charge in [0.25, 0.3) is 0 Å². The second kappa shape index (κ2) is 8.01. The lowest BCUT2D eigenvalue weighted by Crippen LogP contribution is -2.22. The summed E-state index contributed by atoms with van der Waals surface area (Å²) in [7, 11) is -0.635. The van der Waals surface area contributed by atoms with E-state index in [1.807, 2.05) is 0 Å². The Labute approximate surface area is 162 Å². The van der Waals surface area contributed by atoms with Gasteiger partial charge in [0.2, 0.25) is 21.8 Å². The normalized spacial score (nSPS) is 11.7. The summed E-state index contributed by atoms with van der Waals surface area (Å²) in [5.41, 5.74) is 1.79. The van der Waals surface area contributed by atoms with E-state index < -0.39 is 16.6 Å². The number of aliphatic hydroxyl groups excluding tert-OH is 1. The Morgan fingerprint density at radius 3 is 2.46 bits per heavy atom. The summed E-state index contributed by atoms with van der Waals surface area (Å²) in [4.78, 5) is 11.6. The smallest absolute Gasteiger partial charge is 0.247 e. The highest BCUT2D eigenvalue weighted by Crippen LogP contribution is 2.23. The van der Waals surface area contributed by atoms with Crippen LogP contribution in [0.2, 0.25) is 0 Å². The number of hydrogen-bond donors (Lipinski definition) is 1. The molecular weight excluding hydrogens is 382 g/mol. The van der Waals surface area contributed by atoms with Crippen molar-refractivity contribution in [1.82, 2.24) is 14.5 Å². The van der Waals surface area contributed by atoms with Crippen LogP contribution in [0.1, 0.15) is 21.8 Å². The maximum absolute atomic E-state index is 12.3. The molecule has 0 saturated carbocycles. The predicted octanol–water partition coefficient (Wildman–Crippen LogP) is 1.75. The van der Waals surface area contributed by atoms with Gasteiger partial charge in [-0.15, -0.1) is 10.2 Å². The molecule has 0 spiro atoms. The highest BCUT2D eigenvalue weighted by molar-refractivity contribution is 7.89. The van der Waals surface area contributed by atoms with Gasteiger partial charge >= 0.3 is 0 Å². The molecule has 0 atom stereocenters. The molecule has 0 radical (unpaired) electrons. The van der Waals surface area contributed by atoms with Gasteiger partial charge in [0.1, 0.15) is 6.61 Å². The van der Waals surface area contributed by atoms with Gasteiger partial charge in [-0.2, -0.15) is 0 Å². The van der Waals surface area contributed by atoms with E-state index in [4.69, 9.17) is 9.52 Å². The van der Waals surface area contributed by atoms with Gasteiger partial charge in [0.15, 0.2) is 5.78 Å². The molecule has 0 unspecified atom stereocenters. The zero-order valence-electron chi connectivity index (χ0n) is 15.4. The molecule has 0 aliphatic heterocycles. The number of ketones is 1. The van der Waals surface area contributed by atoms with E-state index in [1.54, 1.807) is 36.4 Å². The fraction of sp³-hybridized carbons (Fsp3) is 0.211. The first-order chi connectivity index (χ1) is 13.3. The first-order valence-corrected chi connectivity index (χ1v) is 9.83. The monoisotopic (exact) mass is 401 g/mol. The number of carbonyl (C=O) groups excluding carboxylic acids is 1. The Bertz CT molecular complexity index is 1090. The van der Waals surface area contributed by atoms with Crippen molar-refractivity contribution >= 4 is 15.8 Å². The largest absolute Gasteiger partial charge is 0.420 e. The van der Waals surface area contributed by atoms with Crippen LogP contribution in [0.15, 0.2) is 57.8 Å². The molecule has 0 amide bonds.